The van der Waals surface area contributed by atoms with E-state index in [0.717, 1.165) is 4.90 Å². The third kappa shape index (κ3) is 4.63. The Morgan fingerprint density at radius 1 is 1.40 bits per heavy atom. The van der Waals surface area contributed by atoms with Gasteiger partial charge in [0.2, 0.25) is 0 Å². The van der Waals surface area contributed by atoms with E-state index in [4.69, 9.17) is 10.4 Å². The van der Waals surface area contributed by atoms with E-state index in [1.165, 1.54) is 18.9 Å². The number of rotatable bonds is 7. The number of carbonyl (C=O) groups excluding carboxylic acids is 3. The number of nitrogens with zero attached hydrogens (tertiary/aromatic N) is 5. The fraction of sp³-hybridized carbons (Fsp3) is 0.294. The van der Waals surface area contributed by atoms with E-state index in [-0.39, 0.29) is 58.8 Å². The predicted octanol–water partition coefficient (Wildman–Crippen LogP) is -3.24. The summed E-state index contributed by atoms with van der Waals surface area (Å²) in [5.74, 6) is -2.54. The van der Waals surface area contributed by atoms with Crippen LogP contribution in [0.2, 0.25) is 0 Å². The first-order chi connectivity index (χ1) is 14.0. The number of nitrogens with one attached hydrogen (secondary N) is 1. The Morgan fingerprint density at radius 2 is 2.10 bits per heavy atom. The Kier molecular flexibility index (Phi) is 8.33. The molecule has 2 atom stereocenters. The van der Waals surface area contributed by atoms with Crippen LogP contribution >= 0.6 is 11.8 Å². The number of benzene rings is 1. The van der Waals surface area contributed by atoms with Crippen molar-refractivity contribution in [3.8, 4) is 0 Å². The maximum absolute atomic E-state index is 12.7. The van der Waals surface area contributed by atoms with Gasteiger partial charge in [-0.25, -0.2) is 0 Å². The van der Waals surface area contributed by atoms with Crippen molar-refractivity contribution in [2.24, 2.45) is 10.3 Å². The quantitative estimate of drug-likeness (QED) is 0.0895. The molecule has 30 heavy (non-hydrogen) atoms. The summed E-state index contributed by atoms with van der Waals surface area (Å²) >= 11 is 1.25. The van der Waals surface area contributed by atoms with Gasteiger partial charge in [-0.2, -0.15) is 0 Å². The molecule has 1 aromatic rings. The number of hydrogen-bond acceptors (Lipinski definition) is 8. The van der Waals surface area contributed by atoms with E-state index in [1.54, 1.807) is 30.3 Å². The molecule has 1 saturated heterocycles. The van der Waals surface area contributed by atoms with Crippen LogP contribution in [0.25, 0.3) is 10.4 Å². The van der Waals surface area contributed by atoms with Gasteiger partial charge in [0.15, 0.2) is 5.71 Å². The Hall–Kier alpha value is -2.50. The fourth-order valence-electron chi connectivity index (χ4n) is 3.03. The molecule has 1 N–H and O–H groups in total. The number of thioether (sulfide) groups is 1. The standard InChI is InChI=1S/C17H16N6O5S.Na/c1-28-21-11(9-5-3-2-4-6-9)14(24)20-12-15(25)23-13(17(26)27)10(7-19-22-18)8-29-16(12)23;/h2-6,12,16H,7-8H2,1H3,(H,20,24)(H,26,27);/q;+1/p-1/t12-,16-;/m1./s1. The van der Waals surface area contributed by atoms with Gasteiger partial charge in [0.25, 0.3) is 11.8 Å². The number of azide groups is 1. The molecule has 13 heteroatoms. The van der Waals surface area contributed by atoms with E-state index in [1.807, 2.05) is 0 Å². The zero-order valence-electron chi connectivity index (χ0n) is 16.1. The molecule has 0 aromatic heterocycles. The Morgan fingerprint density at radius 3 is 2.70 bits per heavy atom. The summed E-state index contributed by atoms with van der Waals surface area (Å²) in [4.78, 5) is 45.2. The molecule has 2 aliphatic heterocycles. The van der Waals surface area contributed by atoms with E-state index in [9.17, 15) is 19.5 Å². The number of carboxylic acid groups (broad SMARTS) is 1. The van der Waals surface area contributed by atoms with Gasteiger partial charge in [0, 0.05) is 16.2 Å². The number of aliphatic carboxylic acids is 1. The van der Waals surface area contributed by atoms with Crippen LogP contribution in [0.15, 0.2) is 51.9 Å². The van der Waals surface area contributed by atoms with Gasteiger partial charge < -0.3 is 20.1 Å². The van der Waals surface area contributed by atoms with Gasteiger partial charge >= 0.3 is 29.6 Å². The summed E-state index contributed by atoms with van der Waals surface area (Å²) in [5.41, 5.74) is 8.91. The monoisotopic (exact) mass is 438 g/mol. The van der Waals surface area contributed by atoms with Crippen molar-refractivity contribution < 1.29 is 53.9 Å². The van der Waals surface area contributed by atoms with Crippen LogP contribution in [0.3, 0.4) is 0 Å². The largest absolute Gasteiger partial charge is 1.00 e. The minimum Gasteiger partial charge on any atom is -0.543 e. The molecule has 1 fully saturated rings. The summed E-state index contributed by atoms with van der Waals surface area (Å²) in [6.07, 6.45) is 0. The normalized spacial score (nSPS) is 20.2. The number of amides is 2. The fourth-order valence-corrected chi connectivity index (χ4v) is 4.37. The summed E-state index contributed by atoms with van der Waals surface area (Å²) in [6.45, 7) is -0.182. The van der Waals surface area contributed by atoms with Crippen LogP contribution in [-0.4, -0.2) is 59.2 Å². The van der Waals surface area contributed by atoms with Crippen LogP contribution in [0, 0.1) is 0 Å². The minimum atomic E-state index is -1.54. The Balaban J connectivity index is 0.00000320. The first-order valence-corrected chi connectivity index (χ1v) is 9.40. The average molecular weight is 438 g/mol. The number of β-lactam (4-membered cyclic amide) rings is 1. The Bertz CT molecular complexity index is 963. The average Bonchev–Trinajstić information content (AvgIpc) is 2.73. The van der Waals surface area contributed by atoms with E-state index < -0.39 is 29.2 Å². The molecule has 0 aliphatic carbocycles. The molecule has 0 radical (unpaired) electrons. The number of hydrogen-bond donors (Lipinski definition) is 1. The third-order valence-corrected chi connectivity index (χ3v) is 5.64. The van der Waals surface area contributed by atoms with Gasteiger partial charge in [0.05, 0.1) is 18.2 Å². The minimum absolute atomic E-state index is 0. The topological polar surface area (TPSA) is 160 Å². The first kappa shape index (κ1) is 23.8. The van der Waals surface area contributed by atoms with Crippen LogP contribution in [-0.2, 0) is 19.2 Å². The van der Waals surface area contributed by atoms with Crippen molar-refractivity contribution in [3.63, 3.8) is 0 Å². The summed E-state index contributed by atoms with van der Waals surface area (Å²) < 4.78 is 0. The van der Waals surface area contributed by atoms with Crippen LogP contribution in [0.1, 0.15) is 5.56 Å². The van der Waals surface area contributed by atoms with Crippen molar-refractivity contribution in [1.29, 1.82) is 0 Å². The van der Waals surface area contributed by atoms with Crippen molar-refractivity contribution in [3.05, 3.63) is 57.6 Å². The van der Waals surface area contributed by atoms with Crippen molar-refractivity contribution in [1.82, 2.24) is 10.2 Å². The first-order valence-electron chi connectivity index (χ1n) is 8.36. The molecule has 1 aromatic carbocycles. The molecule has 2 heterocycles. The molecule has 0 spiro atoms. The van der Waals surface area contributed by atoms with E-state index in [0.29, 0.717) is 5.56 Å². The number of carboxylic acids is 1. The second-order valence-corrected chi connectivity index (χ2v) is 7.08. The van der Waals surface area contributed by atoms with Gasteiger partial charge in [-0.1, -0.05) is 40.6 Å². The molecule has 3 rings (SSSR count). The number of carbonyl (C=O) groups is 3. The molecule has 150 valence electrons. The zero-order valence-corrected chi connectivity index (χ0v) is 19.0. The number of fused-ring (bicyclic) bond motifs is 1. The van der Waals surface area contributed by atoms with Crippen molar-refractivity contribution >= 4 is 35.3 Å². The maximum atomic E-state index is 12.7. The molecule has 0 saturated carbocycles. The summed E-state index contributed by atoms with van der Waals surface area (Å²) in [5, 5.41) is 20.6. The molecule has 0 bridgehead atoms. The van der Waals surface area contributed by atoms with Gasteiger partial charge in [0.1, 0.15) is 18.5 Å². The SMILES string of the molecule is CON=C(C(=O)N[C@@H]1C(=O)N2C(C(=O)[O-])=C(CN=[N+]=[N-])CS[C@H]12)c1ccccc1.[Na+]. The van der Waals surface area contributed by atoms with Gasteiger partial charge in [-0.15, -0.1) is 11.8 Å². The summed E-state index contributed by atoms with van der Waals surface area (Å²) in [7, 11) is 1.30. The zero-order chi connectivity index (χ0) is 21.0. The molecule has 2 aliphatic rings. The summed E-state index contributed by atoms with van der Waals surface area (Å²) in [6, 6.07) is 7.63. The molecular weight excluding hydrogens is 423 g/mol. The van der Waals surface area contributed by atoms with Gasteiger partial charge in [-0.05, 0) is 11.1 Å². The second kappa shape index (κ2) is 10.5. The predicted molar refractivity (Wildman–Crippen MR) is 101 cm³/mol. The van der Waals surface area contributed by atoms with Crippen molar-refractivity contribution in [2.45, 2.75) is 11.4 Å². The molecule has 2 amide bonds. The van der Waals surface area contributed by atoms with Crippen molar-refractivity contribution in [2.75, 3.05) is 19.4 Å². The van der Waals surface area contributed by atoms with Gasteiger partial charge in [-0.3, -0.25) is 14.5 Å². The maximum Gasteiger partial charge on any atom is 1.00 e. The third-order valence-electron chi connectivity index (χ3n) is 4.30. The second-order valence-electron chi connectivity index (χ2n) is 5.98. The van der Waals surface area contributed by atoms with E-state index in [2.05, 4.69) is 20.5 Å². The smallest absolute Gasteiger partial charge is 0.543 e. The Labute approximate surface area is 197 Å². The molecular formula is C17H15N6NaO5S. The molecule has 0 unspecified atom stereocenters. The molecule has 11 nitrogen and oxygen atoms in total. The van der Waals surface area contributed by atoms with Crippen LogP contribution in [0.5, 0.6) is 0 Å². The van der Waals surface area contributed by atoms with Crippen LogP contribution in [0.4, 0.5) is 0 Å². The van der Waals surface area contributed by atoms with E-state index >= 15 is 0 Å². The van der Waals surface area contributed by atoms with Crippen LogP contribution < -0.4 is 40.0 Å². The number of oxime groups is 1.